The van der Waals surface area contributed by atoms with Crippen LogP contribution in [0.3, 0.4) is 0 Å². The fourth-order valence-corrected chi connectivity index (χ4v) is 17.0. The second-order valence-corrected chi connectivity index (χ2v) is 27.6. The van der Waals surface area contributed by atoms with Gasteiger partial charge in [0.2, 0.25) is 0 Å². The molecule has 0 bridgehead atoms. The molecule has 0 fully saturated rings. The maximum Gasteiger partial charge on any atom is 0.164 e. The third kappa shape index (κ3) is 9.27. The van der Waals surface area contributed by atoms with E-state index in [0.29, 0.717) is 34.9 Å². The maximum absolute atomic E-state index is 5.12. The van der Waals surface area contributed by atoms with E-state index in [2.05, 4.69) is 264 Å². The molecule has 8 heteroatoms. The molecule has 8 nitrogen and oxygen atoms in total. The van der Waals surface area contributed by atoms with Crippen molar-refractivity contribution >= 4 is 97.5 Å². The molecule has 0 N–H and O–H groups in total. The fourth-order valence-electron chi connectivity index (χ4n) is 17.0. The van der Waals surface area contributed by atoms with Gasteiger partial charge in [-0.05, 0) is 178 Å². The van der Waals surface area contributed by atoms with Crippen LogP contribution in [0.25, 0.3) is 222 Å². The third-order valence-corrected chi connectivity index (χ3v) is 21.7. The number of aromatic nitrogens is 8. The van der Waals surface area contributed by atoms with Crippen LogP contribution in [-0.2, 0) is 0 Å². The van der Waals surface area contributed by atoms with E-state index in [1.165, 1.54) is 131 Å². The highest BCUT2D eigenvalue weighted by atomic mass is 15.0. The largest absolute Gasteiger partial charge is 0.309 e. The van der Waals surface area contributed by atoms with Crippen molar-refractivity contribution in [3.63, 3.8) is 0 Å². The Hall–Kier alpha value is -14.3. The van der Waals surface area contributed by atoms with Gasteiger partial charge in [0.1, 0.15) is 0 Å². The Morgan fingerprint density at radius 1 is 0.170 bits per heavy atom. The Morgan fingerprint density at radius 2 is 0.491 bits per heavy atom. The molecule has 0 saturated heterocycles. The molecule has 0 atom stereocenters. The van der Waals surface area contributed by atoms with Gasteiger partial charge in [0.15, 0.2) is 34.9 Å². The van der Waals surface area contributed by atoms with Crippen LogP contribution in [0.1, 0.15) is 0 Å². The molecule has 0 aliphatic heterocycles. The molecule has 0 saturated carbocycles. The van der Waals surface area contributed by atoms with Crippen LogP contribution in [0, 0.1) is 0 Å². The summed E-state index contributed by atoms with van der Waals surface area (Å²) < 4.78 is 4.89. The minimum Gasteiger partial charge on any atom is -0.309 e. The molecule has 106 heavy (non-hydrogen) atoms. The van der Waals surface area contributed by atoms with Crippen LogP contribution < -0.4 is 0 Å². The first kappa shape index (κ1) is 59.4. The predicted molar refractivity (Wildman–Crippen MR) is 437 cm³/mol. The van der Waals surface area contributed by atoms with E-state index < -0.39 is 0 Å². The van der Waals surface area contributed by atoms with Crippen molar-refractivity contribution < 1.29 is 0 Å². The lowest BCUT2D eigenvalue weighted by molar-refractivity contribution is 1.07. The molecule has 21 aromatic rings. The molecule has 17 aromatic carbocycles. The molecule has 0 radical (unpaired) electrons. The van der Waals surface area contributed by atoms with Crippen LogP contribution in [0.4, 0.5) is 0 Å². The van der Waals surface area contributed by atoms with Gasteiger partial charge in [-0.1, -0.05) is 267 Å². The van der Waals surface area contributed by atoms with Crippen molar-refractivity contribution in [1.29, 1.82) is 0 Å². The fraction of sp³-hybridized carbons (Fsp3) is 0. The zero-order valence-corrected chi connectivity index (χ0v) is 57.1. The van der Waals surface area contributed by atoms with Crippen molar-refractivity contribution in [3.8, 4) is 124 Å². The van der Waals surface area contributed by atoms with E-state index >= 15 is 0 Å². The Labute approximate surface area is 608 Å². The molecule has 490 valence electrons. The third-order valence-electron chi connectivity index (χ3n) is 21.7. The van der Waals surface area contributed by atoms with Crippen molar-refractivity contribution in [3.05, 3.63) is 352 Å². The molecule has 23 rings (SSSR count). The summed E-state index contributed by atoms with van der Waals surface area (Å²) in [5.74, 6) is 3.91. The molecule has 0 spiro atoms. The van der Waals surface area contributed by atoms with E-state index in [-0.39, 0.29) is 0 Å². The minimum atomic E-state index is 0.646. The number of hydrogen-bond acceptors (Lipinski definition) is 6. The van der Waals surface area contributed by atoms with Gasteiger partial charge in [0.25, 0.3) is 0 Å². The van der Waals surface area contributed by atoms with E-state index in [4.69, 9.17) is 29.9 Å². The molecule has 2 aliphatic rings. The van der Waals surface area contributed by atoms with Crippen LogP contribution in [0.2, 0.25) is 0 Å². The summed E-state index contributed by atoms with van der Waals surface area (Å²) in [6.07, 6.45) is 0. The lowest BCUT2D eigenvalue weighted by Crippen LogP contribution is -2.01. The van der Waals surface area contributed by atoms with E-state index in [9.17, 15) is 0 Å². The van der Waals surface area contributed by atoms with Gasteiger partial charge in [-0.25, -0.2) is 29.9 Å². The summed E-state index contributed by atoms with van der Waals surface area (Å²) in [7, 11) is 0. The van der Waals surface area contributed by atoms with Crippen LogP contribution >= 0.6 is 0 Å². The Bertz CT molecular complexity index is 7110. The smallest absolute Gasteiger partial charge is 0.164 e. The highest BCUT2D eigenvalue weighted by molar-refractivity contribution is 6.33. The number of fused-ring (bicyclic) bond motifs is 9. The van der Waals surface area contributed by atoms with E-state index in [1.807, 2.05) is 97.1 Å². The van der Waals surface area contributed by atoms with Crippen LogP contribution in [0.15, 0.2) is 352 Å². The van der Waals surface area contributed by atoms with Gasteiger partial charge in [0, 0.05) is 66.0 Å². The van der Waals surface area contributed by atoms with Crippen molar-refractivity contribution in [2.24, 2.45) is 0 Å². The van der Waals surface area contributed by atoms with E-state index in [1.54, 1.807) is 0 Å². The SMILES string of the molecule is c1ccc(-c2nc(-c3ccccc3)nc(-c3ccc(-n4c5cccc6c5c5c7c(cccc7ccc54)-c4cc5ccccc5cc4-6)c4ccccc34)n2)cc1.c1ccc(-c2nc(-c3ccccc3)nc(-c3ccc(-n4c5cccc6c5c5c7c(cccc7ccc54)-c4cc5ccccc5cc4-6)cc3)n2)cc1. The quantitative estimate of drug-likeness (QED) is 0.151. The molecule has 2 aliphatic carbocycles. The summed E-state index contributed by atoms with van der Waals surface area (Å²) in [6, 6.07) is 125. The molecule has 4 aromatic heterocycles. The number of nitrogens with zero attached hydrogens (tertiary/aromatic N) is 8. The van der Waals surface area contributed by atoms with Gasteiger partial charge in [-0.15, -0.1) is 0 Å². The summed E-state index contributed by atoms with van der Waals surface area (Å²) >= 11 is 0. The molecular weight excluding hydrogens is 1290 g/mol. The van der Waals surface area contributed by atoms with Gasteiger partial charge in [0.05, 0.1) is 27.8 Å². The van der Waals surface area contributed by atoms with Gasteiger partial charge < -0.3 is 9.13 Å². The first-order valence-corrected chi connectivity index (χ1v) is 36.0. The van der Waals surface area contributed by atoms with Crippen molar-refractivity contribution in [2.45, 2.75) is 0 Å². The molecule has 0 unspecified atom stereocenters. The monoisotopic (exact) mass is 1350 g/mol. The number of hydrogen-bond donors (Lipinski definition) is 0. The van der Waals surface area contributed by atoms with Gasteiger partial charge in [-0.2, -0.15) is 0 Å². The summed E-state index contributed by atoms with van der Waals surface area (Å²) in [5.41, 5.74) is 22.9. The van der Waals surface area contributed by atoms with Crippen LogP contribution in [0.5, 0.6) is 0 Å². The van der Waals surface area contributed by atoms with E-state index in [0.717, 1.165) is 55.5 Å². The zero-order valence-electron chi connectivity index (χ0n) is 57.1. The number of rotatable bonds is 8. The highest BCUT2D eigenvalue weighted by Gasteiger charge is 2.29. The predicted octanol–water partition coefficient (Wildman–Crippen LogP) is 25.0. The summed E-state index contributed by atoms with van der Waals surface area (Å²) in [6.45, 7) is 0. The Kier molecular flexibility index (Phi) is 13.2. The maximum atomic E-state index is 5.12. The summed E-state index contributed by atoms with van der Waals surface area (Å²) in [4.78, 5) is 30.0. The van der Waals surface area contributed by atoms with Crippen molar-refractivity contribution in [1.82, 2.24) is 39.0 Å². The van der Waals surface area contributed by atoms with Gasteiger partial charge >= 0.3 is 0 Å². The van der Waals surface area contributed by atoms with Gasteiger partial charge in [-0.3, -0.25) is 0 Å². The second kappa shape index (κ2) is 23.6. The number of benzene rings is 17. The molecular formula is C98H58N8. The standard InChI is InChI=1S/C51H30N4.C47H28N4/c1-3-13-32(14-4-1)49-52-50(33-15-5-2-6-16-33)54-51(53-49)40-26-28-43(37-21-10-9-20-36(37)40)55-44-24-12-23-39-42-30-35-18-8-7-17-34(35)29-41(42)38-22-11-19-31-25-27-45(55)48(46(31)38)47(39)44;1-3-11-30(12-4-1)45-48-46(31-13-5-2-6-14-31)50-47(49-45)32-21-24-35(25-22-32)51-40-20-10-19-37-39-28-34-16-8-7-15-33(34)27-38(39)36-18-9-17-29-23-26-41(51)44(42(29)36)43(37)40/h1-30H;1-28H. The lowest BCUT2D eigenvalue weighted by atomic mass is 9.91. The average Bonchev–Trinajstić information content (AvgIpc) is 1.55. The molecule has 0 amide bonds. The van der Waals surface area contributed by atoms with Crippen molar-refractivity contribution in [2.75, 3.05) is 0 Å². The first-order chi connectivity index (χ1) is 52.6. The Morgan fingerprint density at radius 3 is 0.915 bits per heavy atom. The topological polar surface area (TPSA) is 87.2 Å². The minimum absolute atomic E-state index is 0.646. The second-order valence-electron chi connectivity index (χ2n) is 27.6. The van der Waals surface area contributed by atoms with Crippen LogP contribution in [-0.4, -0.2) is 39.0 Å². The Balaban J connectivity index is 0.000000133. The summed E-state index contributed by atoms with van der Waals surface area (Å²) in [5, 5.41) is 17.5. The normalized spacial score (nSPS) is 12.0. The molecule has 4 heterocycles. The first-order valence-electron chi connectivity index (χ1n) is 36.0. The highest BCUT2D eigenvalue weighted by Crippen LogP contribution is 2.53. The zero-order chi connectivity index (χ0) is 69.5. The average molecular weight is 1350 g/mol. The lowest BCUT2D eigenvalue weighted by Gasteiger charge is -2.17.